The number of nitrogens with zero attached hydrogens (tertiary/aromatic N) is 4. The monoisotopic (exact) mass is 602 g/mol. The number of benzene rings is 6. The maximum atomic E-state index is 7.76. The lowest BCUT2D eigenvalue weighted by Gasteiger charge is -2.22. The largest absolute Gasteiger partial charge is 0.238 e. The fraction of sp³-hybridized carbons (Fsp3) is 0.0698. The molecule has 0 saturated carbocycles. The van der Waals surface area contributed by atoms with Crippen LogP contribution in [0.1, 0.15) is 25.0 Å². The van der Waals surface area contributed by atoms with E-state index in [1.54, 1.807) is 0 Å². The second kappa shape index (κ2) is 11.3. The van der Waals surface area contributed by atoms with Crippen molar-refractivity contribution < 1.29 is 0 Å². The highest BCUT2D eigenvalue weighted by Crippen LogP contribution is 2.53. The molecular weight excluding hydrogens is 573 g/mol. The van der Waals surface area contributed by atoms with Crippen molar-refractivity contribution in [3.05, 3.63) is 168 Å². The van der Waals surface area contributed by atoms with E-state index in [0.29, 0.717) is 23.2 Å². The summed E-state index contributed by atoms with van der Waals surface area (Å²) in [6.07, 6.45) is 0. The number of aromatic nitrogens is 3. The molecule has 222 valence electrons. The Morgan fingerprint density at radius 2 is 0.936 bits per heavy atom. The molecule has 8 rings (SSSR count). The lowest BCUT2D eigenvalue weighted by molar-refractivity contribution is 0.661. The van der Waals surface area contributed by atoms with Crippen molar-refractivity contribution in [1.29, 1.82) is 0 Å². The molecular formula is C43H30N4. The molecule has 1 aromatic heterocycles. The maximum absolute atomic E-state index is 7.76. The fourth-order valence-electron chi connectivity index (χ4n) is 6.70. The standard InChI is InChI=1S/C43H30N4/c1-43(2)36-21-12-22-38(44-3)39(36)35-24-23-32(27-37(35)43)31-18-11-20-34(26-31)42-46-40(29-15-8-5-9-16-29)45-41(47-42)33-19-10-17-30(25-33)28-13-6-4-7-14-28/h4-27H,1-2H3. The number of hydrogen-bond acceptors (Lipinski definition) is 3. The summed E-state index contributed by atoms with van der Waals surface area (Å²) >= 11 is 0. The predicted octanol–water partition coefficient (Wildman–Crippen LogP) is 11.1. The van der Waals surface area contributed by atoms with E-state index < -0.39 is 0 Å². The van der Waals surface area contributed by atoms with Gasteiger partial charge in [0, 0.05) is 22.1 Å². The summed E-state index contributed by atoms with van der Waals surface area (Å²) < 4.78 is 0. The number of rotatable bonds is 5. The molecule has 0 radical (unpaired) electrons. The van der Waals surface area contributed by atoms with Crippen molar-refractivity contribution >= 4 is 5.69 Å². The van der Waals surface area contributed by atoms with Gasteiger partial charge in [-0.2, -0.15) is 0 Å². The van der Waals surface area contributed by atoms with Gasteiger partial charge in [-0.1, -0.05) is 141 Å². The third kappa shape index (κ3) is 4.99. The summed E-state index contributed by atoms with van der Waals surface area (Å²) in [5, 5.41) is 0. The number of fused-ring (bicyclic) bond motifs is 3. The SMILES string of the molecule is [C-]#[N+]c1cccc2c1-c1ccc(-c3cccc(-c4nc(-c5ccccc5)nc(-c5cccc(-c6ccccc6)c5)n4)c3)cc1C2(C)C. The zero-order valence-corrected chi connectivity index (χ0v) is 26.1. The molecule has 6 aromatic carbocycles. The third-order valence-corrected chi connectivity index (χ3v) is 9.15. The Bertz CT molecular complexity index is 2330. The first-order valence-electron chi connectivity index (χ1n) is 15.7. The first-order valence-corrected chi connectivity index (χ1v) is 15.7. The van der Waals surface area contributed by atoms with Gasteiger partial charge in [-0.05, 0) is 62.7 Å². The van der Waals surface area contributed by atoms with Gasteiger partial charge in [0.05, 0.1) is 6.57 Å². The van der Waals surface area contributed by atoms with E-state index in [-0.39, 0.29) is 5.41 Å². The van der Waals surface area contributed by atoms with Crippen LogP contribution in [-0.2, 0) is 5.41 Å². The normalized spacial score (nSPS) is 12.6. The smallest absolute Gasteiger partial charge is 0.195 e. The van der Waals surface area contributed by atoms with E-state index in [0.717, 1.165) is 50.1 Å². The minimum atomic E-state index is -0.207. The van der Waals surface area contributed by atoms with Gasteiger partial charge >= 0.3 is 0 Å². The second-order valence-electron chi connectivity index (χ2n) is 12.4. The van der Waals surface area contributed by atoms with Crippen molar-refractivity contribution in [2.45, 2.75) is 19.3 Å². The Balaban J connectivity index is 1.23. The Labute approximate surface area is 274 Å². The average Bonchev–Trinajstić information content (AvgIpc) is 3.38. The molecule has 7 aromatic rings. The maximum Gasteiger partial charge on any atom is 0.195 e. The van der Waals surface area contributed by atoms with Gasteiger partial charge in [0.2, 0.25) is 0 Å². The predicted molar refractivity (Wildman–Crippen MR) is 191 cm³/mol. The summed E-state index contributed by atoms with van der Waals surface area (Å²) in [6.45, 7) is 12.3. The van der Waals surface area contributed by atoms with Crippen LogP contribution in [0, 0.1) is 6.57 Å². The Morgan fingerprint density at radius 3 is 1.55 bits per heavy atom. The molecule has 0 fully saturated rings. The van der Waals surface area contributed by atoms with E-state index in [4.69, 9.17) is 21.5 Å². The van der Waals surface area contributed by atoms with E-state index >= 15 is 0 Å². The average molecular weight is 603 g/mol. The third-order valence-electron chi connectivity index (χ3n) is 9.15. The highest BCUT2D eigenvalue weighted by Gasteiger charge is 2.36. The Kier molecular flexibility index (Phi) is 6.82. The van der Waals surface area contributed by atoms with Crippen molar-refractivity contribution in [3.8, 4) is 67.5 Å². The van der Waals surface area contributed by atoms with Crippen LogP contribution in [0.5, 0.6) is 0 Å². The van der Waals surface area contributed by atoms with E-state index in [1.165, 1.54) is 11.1 Å². The summed E-state index contributed by atoms with van der Waals surface area (Å²) in [4.78, 5) is 18.8. The van der Waals surface area contributed by atoms with Crippen LogP contribution < -0.4 is 0 Å². The van der Waals surface area contributed by atoms with E-state index in [2.05, 4.69) is 116 Å². The zero-order valence-electron chi connectivity index (χ0n) is 26.1. The van der Waals surface area contributed by atoms with Gasteiger partial charge in [-0.15, -0.1) is 0 Å². The minimum Gasteiger partial charge on any atom is -0.238 e. The lowest BCUT2D eigenvalue weighted by Crippen LogP contribution is -2.14. The summed E-state index contributed by atoms with van der Waals surface area (Å²) in [6, 6.07) is 49.9. The molecule has 47 heavy (non-hydrogen) atoms. The molecule has 0 saturated heterocycles. The molecule has 1 heterocycles. The highest BCUT2D eigenvalue weighted by atomic mass is 15.0. The van der Waals surface area contributed by atoms with Crippen LogP contribution in [0.15, 0.2) is 146 Å². The molecule has 0 atom stereocenters. The molecule has 0 aliphatic heterocycles. The van der Waals surface area contributed by atoms with Crippen molar-refractivity contribution in [2.24, 2.45) is 0 Å². The fourth-order valence-corrected chi connectivity index (χ4v) is 6.70. The van der Waals surface area contributed by atoms with Crippen molar-refractivity contribution in [3.63, 3.8) is 0 Å². The quantitative estimate of drug-likeness (QED) is 0.184. The van der Waals surface area contributed by atoms with Crippen molar-refractivity contribution in [1.82, 2.24) is 15.0 Å². The molecule has 0 amide bonds. The molecule has 1 aliphatic carbocycles. The Hall–Kier alpha value is -6.18. The van der Waals surface area contributed by atoms with Crippen LogP contribution >= 0.6 is 0 Å². The lowest BCUT2D eigenvalue weighted by atomic mass is 9.81. The number of hydrogen-bond donors (Lipinski definition) is 0. The van der Waals surface area contributed by atoms with Crippen LogP contribution in [0.2, 0.25) is 0 Å². The van der Waals surface area contributed by atoms with Crippen LogP contribution in [0.25, 0.3) is 72.4 Å². The molecule has 0 spiro atoms. The van der Waals surface area contributed by atoms with Gasteiger partial charge < -0.3 is 0 Å². The minimum absolute atomic E-state index is 0.207. The molecule has 0 bridgehead atoms. The van der Waals surface area contributed by atoms with Crippen LogP contribution in [0.3, 0.4) is 0 Å². The molecule has 1 aliphatic rings. The Morgan fingerprint density at radius 1 is 0.447 bits per heavy atom. The van der Waals surface area contributed by atoms with Crippen LogP contribution in [-0.4, -0.2) is 15.0 Å². The first kappa shape index (κ1) is 28.3. The van der Waals surface area contributed by atoms with Gasteiger partial charge in [-0.3, -0.25) is 0 Å². The highest BCUT2D eigenvalue weighted by molar-refractivity contribution is 5.91. The molecule has 4 heteroatoms. The van der Waals surface area contributed by atoms with Crippen LogP contribution in [0.4, 0.5) is 5.69 Å². The van der Waals surface area contributed by atoms with Gasteiger partial charge in [0.25, 0.3) is 0 Å². The summed E-state index contributed by atoms with van der Waals surface area (Å²) in [7, 11) is 0. The summed E-state index contributed by atoms with van der Waals surface area (Å²) in [5.74, 6) is 1.88. The molecule has 0 N–H and O–H groups in total. The van der Waals surface area contributed by atoms with Gasteiger partial charge in [-0.25, -0.2) is 19.8 Å². The van der Waals surface area contributed by atoms with E-state index in [9.17, 15) is 0 Å². The summed E-state index contributed by atoms with van der Waals surface area (Å²) in [5.41, 5.74) is 12.4. The molecule has 4 nitrogen and oxygen atoms in total. The van der Waals surface area contributed by atoms with Gasteiger partial charge in [0.1, 0.15) is 0 Å². The van der Waals surface area contributed by atoms with Gasteiger partial charge in [0.15, 0.2) is 23.2 Å². The second-order valence-corrected chi connectivity index (χ2v) is 12.4. The molecule has 0 unspecified atom stereocenters. The first-order chi connectivity index (χ1) is 23.0. The zero-order chi connectivity index (χ0) is 32.0. The van der Waals surface area contributed by atoms with E-state index in [1.807, 2.05) is 48.5 Å². The van der Waals surface area contributed by atoms with Crippen molar-refractivity contribution in [2.75, 3.05) is 0 Å². The topological polar surface area (TPSA) is 43.0 Å².